The van der Waals surface area contributed by atoms with Gasteiger partial charge >= 0.3 is 0 Å². The summed E-state index contributed by atoms with van der Waals surface area (Å²) in [6, 6.07) is 5.95. The first-order valence-corrected chi connectivity index (χ1v) is 5.82. The topological polar surface area (TPSA) is 64.3 Å². The van der Waals surface area contributed by atoms with Crippen molar-refractivity contribution in [2.45, 2.75) is 0 Å². The van der Waals surface area contributed by atoms with Crippen molar-refractivity contribution in [1.29, 1.82) is 0 Å². The van der Waals surface area contributed by atoms with E-state index < -0.39 is 29.0 Å². The second-order valence-corrected chi connectivity index (χ2v) is 4.14. The Morgan fingerprint density at radius 2 is 1.86 bits per heavy atom. The molecule has 0 heterocycles. The van der Waals surface area contributed by atoms with Crippen molar-refractivity contribution >= 4 is 17.3 Å². The Hall–Kier alpha value is -2.70. The van der Waals surface area contributed by atoms with Crippen LogP contribution in [0.15, 0.2) is 30.3 Å². The molecule has 0 aliphatic heterocycles. The first-order valence-electron chi connectivity index (χ1n) is 5.82. The molecule has 0 bridgehead atoms. The van der Waals surface area contributed by atoms with Crippen molar-refractivity contribution in [3.63, 3.8) is 0 Å². The van der Waals surface area contributed by atoms with Crippen LogP contribution in [0.25, 0.3) is 0 Å². The summed E-state index contributed by atoms with van der Waals surface area (Å²) in [5.41, 5.74) is 5.43. The average molecular weight is 296 g/mol. The van der Waals surface area contributed by atoms with Crippen LogP contribution in [0.3, 0.4) is 0 Å². The van der Waals surface area contributed by atoms with Gasteiger partial charge in [0.25, 0.3) is 5.91 Å². The highest BCUT2D eigenvalue weighted by Gasteiger charge is 2.18. The number of nitrogens with two attached hydrogens (primary N) is 1. The molecular weight excluding hydrogens is 285 g/mol. The molecule has 0 aliphatic carbocycles. The molecular formula is C14H11F3N2O2. The van der Waals surface area contributed by atoms with E-state index in [1.807, 2.05) is 0 Å². The van der Waals surface area contributed by atoms with E-state index in [1.54, 1.807) is 0 Å². The minimum absolute atomic E-state index is 0.0432. The maximum absolute atomic E-state index is 13.5. The molecule has 110 valence electrons. The molecule has 0 radical (unpaired) electrons. The molecule has 7 heteroatoms. The lowest BCUT2D eigenvalue weighted by molar-refractivity contribution is 0.102. The molecule has 0 atom stereocenters. The van der Waals surface area contributed by atoms with Gasteiger partial charge in [0.05, 0.1) is 18.4 Å². The molecule has 21 heavy (non-hydrogen) atoms. The molecule has 1 amide bonds. The fourth-order valence-corrected chi connectivity index (χ4v) is 1.72. The summed E-state index contributed by atoms with van der Waals surface area (Å²) in [4.78, 5) is 12.1. The summed E-state index contributed by atoms with van der Waals surface area (Å²) < 4.78 is 44.4. The van der Waals surface area contributed by atoms with Crippen LogP contribution >= 0.6 is 0 Å². The van der Waals surface area contributed by atoms with E-state index >= 15 is 0 Å². The van der Waals surface area contributed by atoms with Gasteiger partial charge in [0.2, 0.25) is 0 Å². The van der Waals surface area contributed by atoms with Gasteiger partial charge < -0.3 is 15.8 Å². The Kier molecular flexibility index (Phi) is 4.02. The number of nitrogen functional groups attached to an aromatic ring is 1. The number of rotatable bonds is 3. The van der Waals surface area contributed by atoms with Crippen LogP contribution in [0.1, 0.15) is 10.4 Å². The number of benzene rings is 2. The number of ether oxygens (including phenoxy) is 1. The molecule has 0 spiro atoms. The third-order valence-corrected chi connectivity index (χ3v) is 2.75. The maximum atomic E-state index is 13.5. The zero-order valence-electron chi connectivity index (χ0n) is 10.9. The Labute approximate surface area is 118 Å². The van der Waals surface area contributed by atoms with Gasteiger partial charge in [-0.1, -0.05) is 0 Å². The molecule has 0 aromatic heterocycles. The molecule has 0 saturated carbocycles. The summed E-state index contributed by atoms with van der Waals surface area (Å²) in [7, 11) is 1.35. The molecule has 0 aliphatic rings. The van der Waals surface area contributed by atoms with Crippen LogP contribution in [0.5, 0.6) is 5.75 Å². The van der Waals surface area contributed by atoms with Gasteiger partial charge in [-0.3, -0.25) is 4.79 Å². The van der Waals surface area contributed by atoms with Crippen LogP contribution in [-0.4, -0.2) is 13.0 Å². The number of halogens is 3. The van der Waals surface area contributed by atoms with Gasteiger partial charge in [-0.25, -0.2) is 13.2 Å². The minimum atomic E-state index is -1.66. The second-order valence-electron chi connectivity index (χ2n) is 4.14. The SMILES string of the molecule is COc1ccc(N)cc1C(=O)Nc1ccc(F)c(F)c1F. The maximum Gasteiger partial charge on any atom is 0.259 e. The van der Waals surface area contributed by atoms with E-state index in [0.29, 0.717) is 11.8 Å². The summed E-state index contributed by atoms with van der Waals surface area (Å²) in [6.45, 7) is 0. The van der Waals surface area contributed by atoms with E-state index in [-0.39, 0.29) is 11.3 Å². The van der Waals surface area contributed by atoms with Crippen molar-refractivity contribution in [3.05, 3.63) is 53.3 Å². The van der Waals surface area contributed by atoms with Gasteiger partial charge in [-0.15, -0.1) is 0 Å². The zero-order chi connectivity index (χ0) is 15.6. The number of carbonyl (C=O) groups excluding carboxylic acids is 1. The molecule has 2 aromatic carbocycles. The normalized spacial score (nSPS) is 10.3. The molecule has 4 nitrogen and oxygen atoms in total. The number of methoxy groups -OCH3 is 1. The van der Waals surface area contributed by atoms with Crippen LogP contribution in [0.4, 0.5) is 24.5 Å². The van der Waals surface area contributed by atoms with Gasteiger partial charge in [0, 0.05) is 5.69 Å². The summed E-state index contributed by atoms with van der Waals surface area (Å²) in [5.74, 6) is -5.03. The smallest absolute Gasteiger partial charge is 0.259 e. The van der Waals surface area contributed by atoms with Crippen molar-refractivity contribution in [2.24, 2.45) is 0 Å². The van der Waals surface area contributed by atoms with E-state index in [4.69, 9.17) is 10.5 Å². The van der Waals surface area contributed by atoms with Crippen LogP contribution < -0.4 is 15.8 Å². The summed E-state index contributed by atoms with van der Waals surface area (Å²) in [5, 5.41) is 2.14. The molecule has 0 unspecified atom stereocenters. The Bertz CT molecular complexity index is 705. The number of carbonyl (C=O) groups is 1. The molecule has 2 aromatic rings. The third-order valence-electron chi connectivity index (χ3n) is 2.75. The van der Waals surface area contributed by atoms with E-state index in [2.05, 4.69) is 5.32 Å². The molecule has 0 fully saturated rings. The van der Waals surface area contributed by atoms with E-state index in [1.165, 1.54) is 25.3 Å². The largest absolute Gasteiger partial charge is 0.496 e. The predicted molar refractivity (Wildman–Crippen MR) is 71.7 cm³/mol. The average Bonchev–Trinajstić information content (AvgIpc) is 2.47. The zero-order valence-corrected chi connectivity index (χ0v) is 10.9. The third kappa shape index (κ3) is 2.91. The first-order chi connectivity index (χ1) is 9.93. The van der Waals surface area contributed by atoms with Crippen molar-refractivity contribution in [1.82, 2.24) is 0 Å². The van der Waals surface area contributed by atoms with Crippen molar-refractivity contribution < 1.29 is 22.7 Å². The first kappa shape index (κ1) is 14.7. The number of nitrogens with one attached hydrogen (secondary N) is 1. The Morgan fingerprint density at radius 3 is 2.52 bits per heavy atom. The van der Waals surface area contributed by atoms with Crippen LogP contribution in [0.2, 0.25) is 0 Å². The summed E-state index contributed by atoms with van der Waals surface area (Å²) >= 11 is 0. The fraction of sp³-hybridized carbons (Fsp3) is 0.0714. The van der Waals surface area contributed by atoms with E-state index in [0.717, 1.165) is 6.07 Å². The predicted octanol–water partition coefficient (Wildman–Crippen LogP) is 2.95. The Morgan fingerprint density at radius 1 is 1.14 bits per heavy atom. The second kappa shape index (κ2) is 5.74. The van der Waals surface area contributed by atoms with Gasteiger partial charge in [-0.05, 0) is 30.3 Å². The highest BCUT2D eigenvalue weighted by molar-refractivity contribution is 6.06. The highest BCUT2D eigenvalue weighted by atomic mass is 19.2. The monoisotopic (exact) mass is 296 g/mol. The lowest BCUT2D eigenvalue weighted by atomic mass is 10.1. The standard InChI is InChI=1S/C14H11F3N2O2/c1-21-11-5-2-7(18)6-8(11)14(20)19-10-4-3-9(15)12(16)13(10)17/h2-6H,18H2,1H3,(H,19,20). The quantitative estimate of drug-likeness (QED) is 0.676. The van der Waals surface area contributed by atoms with Gasteiger partial charge in [0.15, 0.2) is 17.5 Å². The fourth-order valence-electron chi connectivity index (χ4n) is 1.72. The highest BCUT2D eigenvalue weighted by Crippen LogP contribution is 2.24. The van der Waals surface area contributed by atoms with Crippen molar-refractivity contribution in [3.8, 4) is 5.75 Å². The van der Waals surface area contributed by atoms with Crippen LogP contribution in [0, 0.1) is 17.5 Å². The number of anilines is 2. The van der Waals surface area contributed by atoms with Crippen molar-refractivity contribution in [2.75, 3.05) is 18.2 Å². The molecule has 3 N–H and O–H groups in total. The van der Waals surface area contributed by atoms with Gasteiger partial charge in [0.1, 0.15) is 5.75 Å². The minimum Gasteiger partial charge on any atom is -0.496 e. The molecule has 0 saturated heterocycles. The summed E-state index contributed by atoms with van der Waals surface area (Å²) in [6.07, 6.45) is 0. The van der Waals surface area contributed by atoms with Gasteiger partial charge in [-0.2, -0.15) is 0 Å². The van der Waals surface area contributed by atoms with E-state index in [9.17, 15) is 18.0 Å². The Balaban J connectivity index is 2.35. The lowest BCUT2D eigenvalue weighted by Gasteiger charge is -2.11. The lowest BCUT2D eigenvalue weighted by Crippen LogP contribution is -2.15. The number of hydrogen-bond acceptors (Lipinski definition) is 3. The number of hydrogen-bond donors (Lipinski definition) is 2. The number of amides is 1. The molecule has 2 rings (SSSR count). The van der Waals surface area contributed by atoms with Crippen LogP contribution in [-0.2, 0) is 0 Å².